The standard InChI is InChI=1S/C16H16F6N2O3/c17-15(18,19)8-5-9(16(20,21)22)7-10(6-8)23-14(27)24-12-4-2-1-3-11(12)13(25)26/h5-7,11-12H,1-4H2,(H,25,26)(H2,23,24,27). The Morgan fingerprint density at radius 1 is 0.926 bits per heavy atom. The molecule has 11 heteroatoms. The number of nitrogens with one attached hydrogen (secondary N) is 2. The second-order valence-electron chi connectivity index (χ2n) is 6.23. The largest absolute Gasteiger partial charge is 0.481 e. The number of hydrogen-bond donors (Lipinski definition) is 3. The van der Waals surface area contributed by atoms with Crippen molar-refractivity contribution in [2.24, 2.45) is 5.92 Å². The number of hydrogen-bond acceptors (Lipinski definition) is 2. The molecule has 0 aromatic heterocycles. The number of halogens is 6. The van der Waals surface area contributed by atoms with Gasteiger partial charge in [-0.3, -0.25) is 4.79 Å². The first kappa shape index (κ1) is 20.8. The minimum Gasteiger partial charge on any atom is -0.481 e. The van der Waals surface area contributed by atoms with Gasteiger partial charge in [-0.1, -0.05) is 12.8 Å². The predicted octanol–water partition coefficient (Wildman–Crippen LogP) is 4.49. The Hall–Kier alpha value is -2.46. The molecule has 1 aliphatic carbocycles. The maximum Gasteiger partial charge on any atom is 0.416 e. The van der Waals surface area contributed by atoms with Gasteiger partial charge in [-0.25, -0.2) is 4.79 Å². The van der Waals surface area contributed by atoms with E-state index in [0.29, 0.717) is 37.8 Å². The summed E-state index contributed by atoms with van der Waals surface area (Å²) >= 11 is 0. The first-order valence-electron chi connectivity index (χ1n) is 7.97. The van der Waals surface area contributed by atoms with Crippen LogP contribution < -0.4 is 10.6 Å². The average Bonchev–Trinajstić information content (AvgIpc) is 2.53. The lowest BCUT2D eigenvalue weighted by atomic mass is 9.84. The predicted molar refractivity (Wildman–Crippen MR) is 82.0 cm³/mol. The summed E-state index contributed by atoms with van der Waals surface area (Å²) in [5, 5.41) is 13.4. The minimum atomic E-state index is -5.04. The van der Waals surface area contributed by atoms with Gasteiger partial charge in [0.15, 0.2) is 0 Å². The summed E-state index contributed by atoms with van der Waals surface area (Å²) in [4.78, 5) is 23.2. The van der Waals surface area contributed by atoms with Crippen LogP contribution in [-0.2, 0) is 17.1 Å². The second kappa shape index (κ2) is 7.65. The van der Waals surface area contributed by atoms with Crippen LogP contribution in [0.3, 0.4) is 0 Å². The van der Waals surface area contributed by atoms with Gasteiger partial charge < -0.3 is 15.7 Å². The Balaban J connectivity index is 2.20. The van der Waals surface area contributed by atoms with Gasteiger partial charge in [-0.2, -0.15) is 26.3 Å². The first-order valence-corrected chi connectivity index (χ1v) is 7.97. The topological polar surface area (TPSA) is 78.4 Å². The van der Waals surface area contributed by atoms with Crippen molar-refractivity contribution in [1.82, 2.24) is 5.32 Å². The van der Waals surface area contributed by atoms with Gasteiger partial charge in [0.2, 0.25) is 0 Å². The van der Waals surface area contributed by atoms with E-state index in [1.807, 2.05) is 5.32 Å². The summed E-state index contributed by atoms with van der Waals surface area (Å²) in [5.41, 5.74) is -3.82. The number of anilines is 1. The van der Waals surface area contributed by atoms with Crippen LogP contribution in [-0.4, -0.2) is 23.1 Å². The summed E-state index contributed by atoms with van der Waals surface area (Å²) in [5.74, 6) is -1.99. The van der Waals surface area contributed by atoms with E-state index in [0.717, 1.165) is 0 Å². The molecule has 150 valence electrons. The third-order valence-electron chi connectivity index (χ3n) is 4.25. The Morgan fingerprint density at radius 3 is 1.93 bits per heavy atom. The second-order valence-corrected chi connectivity index (χ2v) is 6.23. The highest BCUT2D eigenvalue weighted by molar-refractivity contribution is 5.90. The van der Waals surface area contributed by atoms with E-state index in [1.54, 1.807) is 0 Å². The van der Waals surface area contributed by atoms with Gasteiger partial charge in [-0.05, 0) is 31.0 Å². The Morgan fingerprint density at radius 2 is 1.44 bits per heavy atom. The highest BCUT2D eigenvalue weighted by Gasteiger charge is 2.37. The smallest absolute Gasteiger partial charge is 0.416 e. The van der Waals surface area contributed by atoms with E-state index in [9.17, 15) is 35.9 Å². The van der Waals surface area contributed by atoms with E-state index in [2.05, 4.69) is 5.32 Å². The molecule has 1 saturated carbocycles. The molecule has 0 radical (unpaired) electrons. The van der Waals surface area contributed by atoms with Gasteiger partial charge in [0.1, 0.15) is 0 Å². The van der Waals surface area contributed by atoms with Crippen LogP contribution in [0.1, 0.15) is 36.8 Å². The SMILES string of the molecule is O=C(Nc1cc(C(F)(F)F)cc(C(F)(F)F)c1)NC1CCCCC1C(=O)O. The van der Waals surface area contributed by atoms with Crippen LogP contribution in [0.25, 0.3) is 0 Å². The Kier molecular flexibility index (Phi) is 5.91. The lowest BCUT2D eigenvalue weighted by Gasteiger charge is -2.29. The fraction of sp³-hybridized carbons (Fsp3) is 0.500. The van der Waals surface area contributed by atoms with E-state index in [4.69, 9.17) is 5.11 Å². The van der Waals surface area contributed by atoms with Crippen molar-refractivity contribution in [2.75, 3.05) is 5.32 Å². The molecule has 1 aliphatic rings. The third-order valence-corrected chi connectivity index (χ3v) is 4.25. The van der Waals surface area contributed by atoms with E-state index >= 15 is 0 Å². The summed E-state index contributed by atoms with van der Waals surface area (Å²) in [7, 11) is 0. The minimum absolute atomic E-state index is 0.0509. The number of carboxylic acids is 1. The first-order chi connectivity index (χ1) is 12.4. The number of rotatable bonds is 3. The summed E-state index contributed by atoms with van der Waals surface area (Å²) in [6.45, 7) is 0. The molecule has 0 saturated heterocycles. The normalized spacial score (nSPS) is 20.8. The van der Waals surface area contributed by atoms with Crippen LogP contribution in [0.15, 0.2) is 18.2 Å². The number of alkyl halides is 6. The molecule has 1 fully saturated rings. The number of benzene rings is 1. The van der Waals surface area contributed by atoms with Crippen LogP contribution in [0.5, 0.6) is 0 Å². The molecule has 0 heterocycles. The highest BCUT2D eigenvalue weighted by atomic mass is 19.4. The molecule has 27 heavy (non-hydrogen) atoms. The van der Waals surface area contributed by atoms with Gasteiger partial charge in [0, 0.05) is 11.7 Å². The van der Waals surface area contributed by atoms with Crippen molar-refractivity contribution in [1.29, 1.82) is 0 Å². The molecule has 0 bridgehead atoms. The molecular weight excluding hydrogens is 382 g/mol. The summed E-state index contributed by atoms with van der Waals surface area (Å²) < 4.78 is 77.0. The van der Waals surface area contributed by atoms with Gasteiger partial charge in [-0.15, -0.1) is 0 Å². The molecule has 2 atom stereocenters. The van der Waals surface area contributed by atoms with Crippen LogP contribution >= 0.6 is 0 Å². The molecule has 2 rings (SSSR count). The molecule has 1 aromatic rings. The molecule has 3 N–H and O–H groups in total. The lowest BCUT2D eigenvalue weighted by Crippen LogP contribution is -2.46. The Labute approximate surface area is 149 Å². The molecule has 2 unspecified atom stereocenters. The molecule has 2 amide bonds. The molecule has 0 aliphatic heterocycles. The maximum absolute atomic E-state index is 12.8. The highest BCUT2D eigenvalue weighted by Crippen LogP contribution is 2.37. The fourth-order valence-corrected chi connectivity index (χ4v) is 2.96. The number of carbonyl (C=O) groups excluding carboxylic acids is 1. The number of urea groups is 1. The zero-order valence-electron chi connectivity index (χ0n) is 13.7. The Bertz CT molecular complexity index is 685. The van der Waals surface area contributed by atoms with Crippen molar-refractivity contribution in [3.63, 3.8) is 0 Å². The van der Waals surface area contributed by atoms with Crippen molar-refractivity contribution < 1.29 is 41.0 Å². The van der Waals surface area contributed by atoms with Crippen LogP contribution in [0.2, 0.25) is 0 Å². The summed E-state index contributed by atoms with van der Waals surface area (Å²) in [6, 6.07) is -1.12. The number of aliphatic carboxylic acids is 1. The lowest BCUT2D eigenvalue weighted by molar-refractivity contribution is -0.144. The van der Waals surface area contributed by atoms with E-state index in [1.165, 1.54) is 0 Å². The molecular formula is C16H16F6N2O3. The van der Waals surface area contributed by atoms with Crippen molar-refractivity contribution in [2.45, 2.75) is 44.1 Å². The van der Waals surface area contributed by atoms with Crippen LogP contribution in [0.4, 0.5) is 36.8 Å². The van der Waals surface area contributed by atoms with E-state index < -0.39 is 53.1 Å². The number of carbonyl (C=O) groups is 2. The quantitative estimate of drug-likeness (QED) is 0.657. The molecule has 5 nitrogen and oxygen atoms in total. The van der Waals surface area contributed by atoms with Crippen molar-refractivity contribution in [3.8, 4) is 0 Å². The van der Waals surface area contributed by atoms with Gasteiger partial charge in [0.05, 0.1) is 17.0 Å². The van der Waals surface area contributed by atoms with E-state index in [-0.39, 0.29) is 6.07 Å². The zero-order valence-corrected chi connectivity index (χ0v) is 13.7. The molecule has 0 spiro atoms. The fourth-order valence-electron chi connectivity index (χ4n) is 2.96. The van der Waals surface area contributed by atoms with Crippen molar-refractivity contribution >= 4 is 17.7 Å². The number of carboxylic acid groups (broad SMARTS) is 1. The average molecular weight is 398 g/mol. The number of amides is 2. The zero-order chi connectivity index (χ0) is 20.4. The third kappa shape index (κ3) is 5.51. The van der Waals surface area contributed by atoms with Gasteiger partial charge >= 0.3 is 24.4 Å². The van der Waals surface area contributed by atoms with Crippen molar-refractivity contribution in [3.05, 3.63) is 29.3 Å². The monoisotopic (exact) mass is 398 g/mol. The van der Waals surface area contributed by atoms with Gasteiger partial charge in [0.25, 0.3) is 0 Å². The maximum atomic E-state index is 12.8. The summed E-state index contributed by atoms with van der Waals surface area (Å²) in [6.07, 6.45) is -8.10. The molecule has 1 aromatic carbocycles. The van der Waals surface area contributed by atoms with Crippen LogP contribution in [0, 0.1) is 5.92 Å².